The molecule has 0 bridgehead atoms. The van der Waals surface area contributed by atoms with Gasteiger partial charge in [0.15, 0.2) is 11.5 Å². The Labute approximate surface area is 132 Å². The van der Waals surface area contributed by atoms with Crippen molar-refractivity contribution in [2.45, 2.75) is 13.1 Å². The molecule has 1 heterocycles. The van der Waals surface area contributed by atoms with E-state index in [9.17, 15) is 0 Å². The molecule has 0 amide bonds. The van der Waals surface area contributed by atoms with Gasteiger partial charge in [-0.1, -0.05) is 67.9 Å². The lowest BCUT2D eigenvalue weighted by molar-refractivity contribution is 0.174. The summed E-state index contributed by atoms with van der Waals surface area (Å²) in [6.07, 6.45) is 1.89. The van der Waals surface area contributed by atoms with Crippen LogP contribution >= 0.6 is 0 Å². The van der Waals surface area contributed by atoms with Crippen molar-refractivity contribution in [1.82, 2.24) is 0 Å². The predicted molar refractivity (Wildman–Crippen MR) is 95.2 cm³/mol. The molecule has 0 spiro atoms. The molecule has 2 nitrogen and oxygen atoms in total. The molecule has 1 aliphatic heterocycles. The summed E-state index contributed by atoms with van der Waals surface area (Å²) in [4.78, 5) is 0. The number of benzene rings is 2. The van der Waals surface area contributed by atoms with Crippen LogP contribution < -0.4 is 14.7 Å². The van der Waals surface area contributed by atoms with Crippen molar-refractivity contribution in [3.63, 3.8) is 0 Å². The van der Waals surface area contributed by atoms with Crippen LogP contribution in [0.2, 0.25) is 13.1 Å². The van der Waals surface area contributed by atoms with Crippen molar-refractivity contribution in [3.8, 4) is 11.5 Å². The van der Waals surface area contributed by atoms with Crippen molar-refractivity contribution < 1.29 is 9.47 Å². The summed E-state index contributed by atoms with van der Waals surface area (Å²) in [5, 5.41) is 2.48. The molecule has 0 atom stereocenters. The highest BCUT2D eigenvalue weighted by molar-refractivity contribution is 7.04. The quantitative estimate of drug-likeness (QED) is 0.787. The molecule has 112 valence electrons. The molecule has 22 heavy (non-hydrogen) atoms. The largest absolute Gasteiger partial charge is 0.454 e. The van der Waals surface area contributed by atoms with Gasteiger partial charge in [-0.15, -0.1) is 0 Å². The first-order valence-electron chi connectivity index (χ1n) is 7.35. The maximum Gasteiger partial charge on any atom is 0.231 e. The smallest absolute Gasteiger partial charge is 0.231 e. The fourth-order valence-electron chi connectivity index (χ4n) is 2.83. The van der Waals surface area contributed by atoms with Crippen molar-refractivity contribution in [1.29, 1.82) is 0 Å². The lowest BCUT2D eigenvalue weighted by atomic mass is 10.2. The van der Waals surface area contributed by atoms with Crippen LogP contribution in [-0.2, 0) is 0 Å². The molecule has 3 rings (SSSR count). The lowest BCUT2D eigenvalue weighted by Gasteiger charge is -2.28. The third-order valence-corrected chi connectivity index (χ3v) is 7.89. The summed E-state index contributed by atoms with van der Waals surface area (Å²) in [7, 11) is -1.93. The SMILES string of the molecule is C=Cc1cc2c(cc1[Si](C)(C)C(=C)c1ccccc1)OCO2. The second-order valence-corrected chi connectivity index (χ2v) is 10.4. The van der Waals surface area contributed by atoms with Gasteiger partial charge in [0.25, 0.3) is 0 Å². The van der Waals surface area contributed by atoms with E-state index in [2.05, 4.69) is 56.6 Å². The lowest BCUT2D eigenvalue weighted by Crippen LogP contribution is -2.44. The third-order valence-electron chi connectivity index (χ3n) is 4.31. The normalized spacial score (nSPS) is 13.0. The Kier molecular flexibility index (Phi) is 3.67. The average Bonchev–Trinajstić information content (AvgIpc) is 3.01. The van der Waals surface area contributed by atoms with Gasteiger partial charge in [0.1, 0.15) is 8.07 Å². The Balaban J connectivity index is 2.09. The van der Waals surface area contributed by atoms with Crippen molar-refractivity contribution in [2.24, 2.45) is 0 Å². The van der Waals surface area contributed by atoms with E-state index in [1.807, 2.05) is 18.2 Å². The van der Waals surface area contributed by atoms with E-state index in [4.69, 9.17) is 9.47 Å². The maximum absolute atomic E-state index is 5.56. The van der Waals surface area contributed by atoms with E-state index in [1.54, 1.807) is 0 Å². The molecular weight excluding hydrogens is 288 g/mol. The van der Waals surface area contributed by atoms with Gasteiger partial charge in [-0.25, -0.2) is 0 Å². The van der Waals surface area contributed by atoms with E-state index in [0.717, 1.165) is 17.1 Å². The molecule has 0 aliphatic carbocycles. The van der Waals surface area contributed by atoms with Crippen molar-refractivity contribution >= 4 is 24.5 Å². The fraction of sp³-hybridized carbons (Fsp3) is 0.158. The van der Waals surface area contributed by atoms with Gasteiger partial charge in [-0.05, 0) is 28.4 Å². The molecule has 0 aromatic heterocycles. The number of ether oxygens (including phenoxy) is 2. The number of hydrogen-bond acceptors (Lipinski definition) is 2. The molecule has 0 N–H and O–H groups in total. The Hall–Kier alpha value is -2.26. The van der Waals surface area contributed by atoms with Gasteiger partial charge in [-0.3, -0.25) is 0 Å². The molecule has 3 heteroatoms. The molecule has 0 saturated carbocycles. The number of hydrogen-bond donors (Lipinski definition) is 0. The van der Waals surface area contributed by atoms with E-state index < -0.39 is 8.07 Å². The van der Waals surface area contributed by atoms with E-state index in [-0.39, 0.29) is 6.79 Å². The van der Waals surface area contributed by atoms with E-state index >= 15 is 0 Å². The van der Waals surface area contributed by atoms with Gasteiger partial charge >= 0.3 is 0 Å². The number of fused-ring (bicyclic) bond motifs is 1. The molecule has 0 unspecified atom stereocenters. The summed E-state index contributed by atoms with van der Waals surface area (Å²) < 4.78 is 11.0. The summed E-state index contributed by atoms with van der Waals surface area (Å²) in [5.74, 6) is 1.62. The highest BCUT2D eigenvalue weighted by Crippen LogP contribution is 2.35. The molecule has 2 aromatic carbocycles. The van der Waals surface area contributed by atoms with Crippen LogP contribution in [-0.4, -0.2) is 14.9 Å². The molecule has 2 aromatic rings. The van der Waals surface area contributed by atoms with Crippen molar-refractivity contribution in [3.05, 3.63) is 66.7 Å². The average molecular weight is 308 g/mol. The topological polar surface area (TPSA) is 18.5 Å². The summed E-state index contributed by atoms with van der Waals surface area (Å²) in [5.41, 5.74) is 2.31. The van der Waals surface area contributed by atoms with Gasteiger partial charge in [0.2, 0.25) is 6.79 Å². The van der Waals surface area contributed by atoms with E-state index in [1.165, 1.54) is 15.9 Å². The highest BCUT2D eigenvalue weighted by Gasteiger charge is 2.32. The number of rotatable bonds is 4. The second-order valence-electron chi connectivity index (χ2n) is 5.97. The molecule has 0 fully saturated rings. The first-order chi connectivity index (χ1) is 10.5. The van der Waals surface area contributed by atoms with Crippen LogP contribution in [0.5, 0.6) is 11.5 Å². The zero-order valence-corrected chi connectivity index (χ0v) is 14.1. The highest BCUT2D eigenvalue weighted by atomic mass is 28.3. The van der Waals surface area contributed by atoms with Gasteiger partial charge < -0.3 is 9.47 Å². The Morgan fingerprint density at radius 3 is 2.36 bits per heavy atom. The van der Waals surface area contributed by atoms with Gasteiger partial charge in [0, 0.05) is 0 Å². The predicted octanol–water partition coefficient (Wildman–Crippen LogP) is 4.23. The standard InChI is InChI=1S/C19H20O2Si/c1-5-15-11-17-18(21-13-20-17)12-19(15)22(3,4)14(2)16-9-7-6-8-10-16/h5-12H,1-2,13H2,3-4H3. The van der Waals surface area contributed by atoms with Crippen LogP contribution in [0.3, 0.4) is 0 Å². The Morgan fingerprint density at radius 1 is 1.09 bits per heavy atom. The van der Waals surface area contributed by atoms with E-state index in [0.29, 0.717) is 0 Å². The molecule has 1 aliphatic rings. The van der Waals surface area contributed by atoms with Crippen LogP contribution in [0.15, 0.2) is 55.6 Å². The minimum Gasteiger partial charge on any atom is -0.454 e. The van der Waals surface area contributed by atoms with Gasteiger partial charge in [-0.2, -0.15) is 0 Å². The molecule has 0 saturated heterocycles. The maximum atomic E-state index is 5.56. The minimum atomic E-state index is -1.93. The van der Waals surface area contributed by atoms with Crippen LogP contribution in [0, 0.1) is 0 Å². The fourth-order valence-corrected chi connectivity index (χ4v) is 5.43. The van der Waals surface area contributed by atoms with Crippen LogP contribution in [0.1, 0.15) is 11.1 Å². The molecular formula is C19H20O2Si. The van der Waals surface area contributed by atoms with Crippen LogP contribution in [0.4, 0.5) is 0 Å². The second kappa shape index (κ2) is 5.50. The zero-order chi connectivity index (χ0) is 15.7. The summed E-state index contributed by atoms with van der Waals surface area (Å²) in [6.45, 7) is 13.3. The van der Waals surface area contributed by atoms with Gasteiger partial charge in [0.05, 0.1) is 0 Å². The van der Waals surface area contributed by atoms with Crippen molar-refractivity contribution in [2.75, 3.05) is 6.79 Å². The Morgan fingerprint density at radius 2 is 1.73 bits per heavy atom. The zero-order valence-electron chi connectivity index (χ0n) is 13.1. The third kappa shape index (κ3) is 2.38. The first kappa shape index (κ1) is 14.7. The van der Waals surface area contributed by atoms with Crippen LogP contribution in [0.25, 0.3) is 11.3 Å². The minimum absolute atomic E-state index is 0.289. The Bertz CT molecular complexity index is 733. The molecule has 0 radical (unpaired) electrons. The summed E-state index contributed by atoms with van der Waals surface area (Å²) in [6, 6.07) is 14.5. The first-order valence-corrected chi connectivity index (χ1v) is 10.4. The summed E-state index contributed by atoms with van der Waals surface area (Å²) >= 11 is 0. The monoisotopic (exact) mass is 308 g/mol.